The van der Waals surface area contributed by atoms with Crippen LogP contribution in [0.25, 0.3) is 17.2 Å². The topological polar surface area (TPSA) is 101 Å². The molecule has 3 aromatic rings. The zero-order valence-electron chi connectivity index (χ0n) is 18.9. The van der Waals surface area contributed by atoms with Crippen molar-refractivity contribution >= 4 is 0 Å². The van der Waals surface area contributed by atoms with Crippen molar-refractivity contribution in [2.45, 2.75) is 57.3 Å². The van der Waals surface area contributed by atoms with E-state index >= 15 is 0 Å². The average Bonchev–Trinajstić information content (AvgIpc) is 3.62. The van der Waals surface area contributed by atoms with Crippen molar-refractivity contribution in [3.63, 3.8) is 0 Å². The number of hydrogen-bond acceptors (Lipinski definition) is 6. The van der Waals surface area contributed by atoms with Gasteiger partial charge in [-0.05, 0) is 61.6 Å². The molecule has 33 heavy (non-hydrogen) atoms. The minimum Gasteiger partial charge on any atom is -0.511 e. The number of allylic oxidation sites excluding steroid dienone is 2. The summed E-state index contributed by atoms with van der Waals surface area (Å²) in [4.78, 5) is 13.4. The lowest BCUT2D eigenvalue weighted by molar-refractivity contribution is 0.134. The van der Waals surface area contributed by atoms with E-state index in [0.717, 1.165) is 41.3 Å². The highest BCUT2D eigenvalue weighted by molar-refractivity contribution is 5.63. The molecule has 0 radical (unpaired) electrons. The first kappa shape index (κ1) is 20.1. The Balaban J connectivity index is 1.57. The average molecular weight is 439 g/mol. The van der Waals surface area contributed by atoms with E-state index in [0.29, 0.717) is 17.9 Å². The van der Waals surface area contributed by atoms with Gasteiger partial charge in [-0.1, -0.05) is 19.9 Å². The van der Waals surface area contributed by atoms with Gasteiger partial charge < -0.3 is 5.11 Å². The Bertz CT molecular complexity index is 1300. The molecule has 7 heteroatoms. The normalized spacial score (nSPS) is 26.5. The summed E-state index contributed by atoms with van der Waals surface area (Å²) in [5.74, 6) is 1.80. The minimum atomic E-state index is -0.348. The zero-order valence-corrected chi connectivity index (χ0v) is 18.9. The third kappa shape index (κ3) is 3.01. The number of aliphatic hydroxyl groups is 1. The van der Waals surface area contributed by atoms with E-state index < -0.39 is 0 Å². The first-order valence-corrected chi connectivity index (χ1v) is 11.7. The van der Waals surface area contributed by atoms with Crippen LogP contribution in [0, 0.1) is 23.2 Å². The van der Waals surface area contributed by atoms with Gasteiger partial charge in [-0.25, -0.2) is 19.6 Å². The standard InChI is InChI=1S/C26H26N6O/c1-15-20-7-6-19-23(21-9-10-28-14-30-21)31-32(22-8-5-17(13-29-22)16-3-4-16)25(19)26(20,2)11-18(12-27)24(15)33/h5,8-10,13-16,20,33H,3-4,6-7,11H2,1-2H3/t15-,20-,26-/m1/s1. The van der Waals surface area contributed by atoms with Gasteiger partial charge in [0.05, 0.1) is 23.0 Å². The Labute approximate surface area is 192 Å². The maximum absolute atomic E-state index is 10.7. The summed E-state index contributed by atoms with van der Waals surface area (Å²) in [6.07, 6.45) is 9.99. The number of nitrogens with zero attached hydrogens (tertiary/aromatic N) is 6. The van der Waals surface area contributed by atoms with E-state index in [4.69, 9.17) is 10.1 Å². The second kappa shape index (κ2) is 7.24. The Kier molecular flexibility index (Phi) is 4.41. The first-order chi connectivity index (χ1) is 16.0. The highest BCUT2D eigenvalue weighted by Gasteiger charge is 2.51. The summed E-state index contributed by atoms with van der Waals surface area (Å²) in [6.45, 7) is 4.25. The molecule has 1 saturated carbocycles. The number of fused-ring (bicyclic) bond motifs is 3. The van der Waals surface area contributed by atoms with E-state index in [2.05, 4.69) is 35.1 Å². The summed E-state index contributed by atoms with van der Waals surface area (Å²) >= 11 is 0. The number of pyridine rings is 1. The molecule has 0 unspecified atom stereocenters. The molecule has 0 saturated heterocycles. The van der Waals surface area contributed by atoms with Crippen LogP contribution in [-0.2, 0) is 11.8 Å². The van der Waals surface area contributed by atoms with Gasteiger partial charge in [0.15, 0.2) is 5.82 Å². The molecule has 3 aliphatic rings. The summed E-state index contributed by atoms with van der Waals surface area (Å²) in [6, 6.07) is 8.37. The number of aromatic nitrogens is 5. The van der Waals surface area contributed by atoms with E-state index in [1.807, 2.05) is 23.9 Å². The van der Waals surface area contributed by atoms with Crippen LogP contribution in [0.2, 0.25) is 0 Å². The summed E-state index contributed by atoms with van der Waals surface area (Å²) in [5, 5.41) is 25.5. The zero-order chi connectivity index (χ0) is 22.7. The van der Waals surface area contributed by atoms with Crippen LogP contribution >= 0.6 is 0 Å². The molecule has 1 N–H and O–H groups in total. The number of hydrogen-bond donors (Lipinski definition) is 1. The van der Waals surface area contributed by atoms with Crippen LogP contribution in [0.5, 0.6) is 0 Å². The molecular formula is C26H26N6O. The molecule has 0 aromatic carbocycles. The molecule has 0 bridgehead atoms. The minimum absolute atomic E-state index is 0.0809. The molecule has 7 nitrogen and oxygen atoms in total. The van der Waals surface area contributed by atoms with Crippen LogP contribution in [0.15, 0.2) is 48.3 Å². The SMILES string of the molecule is C[C@H]1C(O)=C(C#N)C[C@@]2(C)c3c(c(-c4ccncn4)nn3-c3ccc(C4CC4)cn3)CC[C@H]12. The first-order valence-electron chi connectivity index (χ1n) is 11.7. The predicted octanol–water partition coefficient (Wildman–Crippen LogP) is 4.80. The molecule has 0 amide bonds. The summed E-state index contributed by atoms with van der Waals surface area (Å²) < 4.78 is 1.97. The van der Waals surface area contributed by atoms with Crippen molar-refractivity contribution in [2.24, 2.45) is 11.8 Å². The Morgan fingerprint density at radius 2 is 2.03 bits per heavy atom. The molecule has 3 heterocycles. The third-order valence-corrected chi connectivity index (χ3v) is 7.93. The molecule has 1 fully saturated rings. The summed E-state index contributed by atoms with van der Waals surface area (Å²) in [5.41, 5.74) is 5.30. The second-order valence-electron chi connectivity index (χ2n) is 9.91. The highest BCUT2D eigenvalue weighted by Crippen LogP contribution is 2.54. The van der Waals surface area contributed by atoms with Crippen LogP contribution in [0.1, 0.15) is 62.3 Å². The van der Waals surface area contributed by atoms with Crippen molar-refractivity contribution in [3.05, 3.63) is 65.1 Å². The smallest absolute Gasteiger partial charge is 0.153 e. The fraction of sp³-hybridized carbons (Fsp3) is 0.423. The van der Waals surface area contributed by atoms with E-state index in [9.17, 15) is 10.4 Å². The van der Waals surface area contributed by atoms with E-state index in [-0.39, 0.29) is 23.0 Å². The lowest BCUT2D eigenvalue weighted by Gasteiger charge is -2.47. The van der Waals surface area contributed by atoms with Gasteiger partial charge in [0.25, 0.3) is 0 Å². The number of rotatable bonds is 3. The molecule has 3 aromatic heterocycles. The highest BCUT2D eigenvalue weighted by atomic mass is 16.3. The second-order valence-corrected chi connectivity index (χ2v) is 9.91. The molecule has 6 rings (SSSR count). The van der Waals surface area contributed by atoms with Crippen molar-refractivity contribution in [3.8, 4) is 23.3 Å². The van der Waals surface area contributed by atoms with Gasteiger partial charge in [-0.2, -0.15) is 10.4 Å². The molecule has 0 aliphatic heterocycles. The quantitative estimate of drug-likeness (QED) is 0.631. The monoisotopic (exact) mass is 438 g/mol. The molecule has 3 atom stereocenters. The molecular weight excluding hydrogens is 412 g/mol. The van der Waals surface area contributed by atoms with Gasteiger partial charge in [0.1, 0.15) is 17.8 Å². The van der Waals surface area contributed by atoms with Crippen LogP contribution in [-0.4, -0.2) is 29.8 Å². The number of nitriles is 1. The van der Waals surface area contributed by atoms with E-state index in [1.165, 1.54) is 18.4 Å². The lowest BCUT2D eigenvalue weighted by atomic mass is 9.56. The fourth-order valence-corrected chi connectivity index (χ4v) is 6.09. The third-order valence-electron chi connectivity index (χ3n) is 7.93. The molecule has 0 spiro atoms. The van der Waals surface area contributed by atoms with Crippen LogP contribution in [0.4, 0.5) is 0 Å². The van der Waals surface area contributed by atoms with Crippen molar-refractivity contribution < 1.29 is 5.11 Å². The lowest BCUT2D eigenvalue weighted by Crippen LogP contribution is -2.45. The Morgan fingerprint density at radius 1 is 1.18 bits per heavy atom. The Morgan fingerprint density at radius 3 is 2.70 bits per heavy atom. The number of aliphatic hydroxyl groups excluding tert-OH is 1. The van der Waals surface area contributed by atoms with Crippen LogP contribution in [0.3, 0.4) is 0 Å². The summed E-state index contributed by atoms with van der Waals surface area (Å²) in [7, 11) is 0. The largest absolute Gasteiger partial charge is 0.511 e. The molecule has 3 aliphatic carbocycles. The van der Waals surface area contributed by atoms with Gasteiger partial charge in [0, 0.05) is 29.3 Å². The molecule has 166 valence electrons. The van der Waals surface area contributed by atoms with Crippen molar-refractivity contribution in [1.82, 2.24) is 24.7 Å². The van der Waals surface area contributed by atoms with Crippen LogP contribution < -0.4 is 0 Å². The van der Waals surface area contributed by atoms with E-state index in [1.54, 1.807) is 12.5 Å². The Hall–Kier alpha value is -3.53. The predicted molar refractivity (Wildman–Crippen MR) is 123 cm³/mol. The van der Waals surface area contributed by atoms with Gasteiger partial charge in [-0.3, -0.25) is 0 Å². The van der Waals surface area contributed by atoms with Gasteiger partial charge >= 0.3 is 0 Å². The van der Waals surface area contributed by atoms with Gasteiger partial charge in [-0.15, -0.1) is 0 Å². The maximum Gasteiger partial charge on any atom is 0.153 e. The maximum atomic E-state index is 10.7. The van der Waals surface area contributed by atoms with Crippen molar-refractivity contribution in [2.75, 3.05) is 0 Å². The van der Waals surface area contributed by atoms with Gasteiger partial charge in [0.2, 0.25) is 0 Å². The van der Waals surface area contributed by atoms with Crippen molar-refractivity contribution in [1.29, 1.82) is 5.26 Å². The fourth-order valence-electron chi connectivity index (χ4n) is 6.09.